The average Bonchev–Trinajstić information content (AvgIpc) is 2.67. The van der Waals surface area contributed by atoms with E-state index < -0.39 is 0 Å². The zero-order valence-electron chi connectivity index (χ0n) is 15.0. The molecule has 3 rings (SSSR count). The molecule has 26 heavy (non-hydrogen) atoms. The highest BCUT2D eigenvalue weighted by atomic mass is 16.5. The van der Waals surface area contributed by atoms with Crippen molar-refractivity contribution in [3.8, 4) is 28.7 Å². The van der Waals surface area contributed by atoms with Crippen LogP contribution in [-0.4, -0.2) is 6.10 Å². The molecule has 3 aromatic carbocycles. The van der Waals surface area contributed by atoms with E-state index in [4.69, 9.17) is 9.47 Å². The molecule has 0 N–H and O–H groups in total. The molecule has 0 bridgehead atoms. The highest BCUT2D eigenvalue weighted by Gasteiger charge is 2.08. The van der Waals surface area contributed by atoms with Crippen molar-refractivity contribution in [2.45, 2.75) is 26.6 Å². The van der Waals surface area contributed by atoms with Crippen LogP contribution in [0.25, 0.3) is 11.1 Å². The van der Waals surface area contributed by atoms with Crippen molar-refractivity contribution in [3.63, 3.8) is 0 Å². The molecule has 0 fully saturated rings. The number of benzene rings is 3. The van der Waals surface area contributed by atoms with Crippen molar-refractivity contribution in [3.05, 3.63) is 83.9 Å². The maximum atomic E-state index is 9.38. The van der Waals surface area contributed by atoms with Gasteiger partial charge >= 0.3 is 0 Å². The molecule has 3 aromatic rings. The van der Waals surface area contributed by atoms with E-state index in [9.17, 15) is 5.26 Å². The third kappa shape index (κ3) is 4.43. The van der Waals surface area contributed by atoms with Crippen LogP contribution in [0.2, 0.25) is 0 Å². The van der Waals surface area contributed by atoms with Crippen molar-refractivity contribution < 1.29 is 9.47 Å². The Morgan fingerprint density at radius 3 is 2.23 bits per heavy atom. The van der Waals surface area contributed by atoms with E-state index in [2.05, 4.69) is 6.07 Å². The van der Waals surface area contributed by atoms with E-state index in [0.717, 1.165) is 22.4 Å². The molecule has 0 radical (unpaired) electrons. The molecule has 0 aliphatic carbocycles. The Hall–Kier alpha value is -3.25. The molecule has 0 aromatic heterocycles. The standard InChI is InChI=1S/C23H21NO2/c1-17(2)26-23-13-10-20(14-21(23)15-24)19-8-11-22(12-9-19)25-16-18-6-4-3-5-7-18/h3-14,17H,16H2,1-2H3. The maximum Gasteiger partial charge on any atom is 0.137 e. The fourth-order valence-corrected chi connectivity index (χ4v) is 2.64. The van der Waals surface area contributed by atoms with Crippen LogP contribution in [0, 0.1) is 11.3 Å². The molecule has 0 amide bonds. The van der Waals surface area contributed by atoms with Gasteiger partial charge in [-0.1, -0.05) is 48.5 Å². The first-order valence-corrected chi connectivity index (χ1v) is 8.63. The van der Waals surface area contributed by atoms with Crippen LogP contribution >= 0.6 is 0 Å². The third-order valence-electron chi connectivity index (χ3n) is 3.90. The van der Waals surface area contributed by atoms with Crippen LogP contribution in [0.5, 0.6) is 11.5 Å². The summed E-state index contributed by atoms with van der Waals surface area (Å²) in [5, 5.41) is 9.38. The summed E-state index contributed by atoms with van der Waals surface area (Å²) in [5.41, 5.74) is 3.69. The van der Waals surface area contributed by atoms with Gasteiger partial charge in [0.1, 0.15) is 24.2 Å². The van der Waals surface area contributed by atoms with E-state index in [-0.39, 0.29) is 6.10 Å². The van der Waals surface area contributed by atoms with Gasteiger partial charge in [0.05, 0.1) is 11.7 Å². The van der Waals surface area contributed by atoms with Crippen molar-refractivity contribution in [2.24, 2.45) is 0 Å². The molecule has 130 valence electrons. The molecule has 0 aliphatic heterocycles. The first-order valence-electron chi connectivity index (χ1n) is 8.63. The number of hydrogen-bond acceptors (Lipinski definition) is 3. The van der Waals surface area contributed by atoms with Crippen molar-refractivity contribution in [1.82, 2.24) is 0 Å². The summed E-state index contributed by atoms with van der Waals surface area (Å²) in [7, 11) is 0. The van der Waals surface area contributed by atoms with Gasteiger partial charge in [0.25, 0.3) is 0 Å². The fraction of sp³-hybridized carbons (Fsp3) is 0.174. The smallest absolute Gasteiger partial charge is 0.137 e. The van der Waals surface area contributed by atoms with Gasteiger partial charge in [0, 0.05) is 0 Å². The lowest BCUT2D eigenvalue weighted by molar-refractivity contribution is 0.242. The summed E-state index contributed by atoms with van der Waals surface area (Å²) in [6, 6.07) is 25.9. The van der Waals surface area contributed by atoms with Gasteiger partial charge in [-0.2, -0.15) is 5.26 Å². The minimum atomic E-state index is 0.0361. The summed E-state index contributed by atoms with van der Waals surface area (Å²) in [5.74, 6) is 1.44. The van der Waals surface area contributed by atoms with Gasteiger partial charge < -0.3 is 9.47 Å². The molecule has 0 atom stereocenters. The Kier molecular flexibility index (Phi) is 5.56. The maximum absolute atomic E-state index is 9.38. The molecule has 0 unspecified atom stereocenters. The van der Waals surface area contributed by atoms with Crippen LogP contribution < -0.4 is 9.47 Å². The number of hydrogen-bond donors (Lipinski definition) is 0. The molecule has 0 heterocycles. The molecule has 0 aliphatic rings. The number of rotatable bonds is 6. The summed E-state index contributed by atoms with van der Waals surface area (Å²) < 4.78 is 11.5. The van der Waals surface area contributed by atoms with Crippen molar-refractivity contribution in [1.29, 1.82) is 5.26 Å². The molecule has 0 saturated carbocycles. The lowest BCUT2D eigenvalue weighted by Crippen LogP contribution is -2.06. The topological polar surface area (TPSA) is 42.2 Å². The monoisotopic (exact) mass is 343 g/mol. The Morgan fingerprint density at radius 1 is 0.885 bits per heavy atom. The van der Waals surface area contributed by atoms with Crippen molar-refractivity contribution in [2.75, 3.05) is 0 Å². The minimum Gasteiger partial charge on any atom is -0.490 e. The zero-order valence-corrected chi connectivity index (χ0v) is 15.0. The van der Waals surface area contributed by atoms with E-state index in [1.165, 1.54) is 0 Å². The molecular weight excluding hydrogens is 322 g/mol. The van der Waals surface area contributed by atoms with Crippen LogP contribution in [0.4, 0.5) is 0 Å². The van der Waals surface area contributed by atoms with E-state index in [0.29, 0.717) is 17.9 Å². The number of ether oxygens (including phenoxy) is 2. The van der Waals surface area contributed by atoms with Crippen LogP contribution in [0.15, 0.2) is 72.8 Å². The molecule has 0 spiro atoms. The van der Waals surface area contributed by atoms with Crippen LogP contribution in [0.3, 0.4) is 0 Å². The third-order valence-corrected chi connectivity index (χ3v) is 3.90. The normalized spacial score (nSPS) is 10.4. The van der Waals surface area contributed by atoms with Crippen molar-refractivity contribution >= 4 is 0 Å². The van der Waals surface area contributed by atoms with Gasteiger partial charge in [0.2, 0.25) is 0 Å². The Labute approximate surface area is 154 Å². The number of nitriles is 1. The predicted octanol–water partition coefficient (Wildman–Crippen LogP) is 5.59. The second-order valence-corrected chi connectivity index (χ2v) is 6.29. The van der Waals surface area contributed by atoms with E-state index in [1.54, 1.807) is 0 Å². The predicted molar refractivity (Wildman–Crippen MR) is 103 cm³/mol. The van der Waals surface area contributed by atoms with Gasteiger partial charge in [-0.3, -0.25) is 0 Å². The molecular formula is C23H21NO2. The first kappa shape index (κ1) is 17.6. The van der Waals surface area contributed by atoms with Gasteiger partial charge in [-0.05, 0) is 54.8 Å². The quantitative estimate of drug-likeness (QED) is 0.586. The lowest BCUT2D eigenvalue weighted by Gasteiger charge is -2.12. The van der Waals surface area contributed by atoms with E-state index in [1.807, 2.05) is 86.6 Å². The van der Waals surface area contributed by atoms with Gasteiger partial charge in [0.15, 0.2) is 0 Å². The highest BCUT2D eigenvalue weighted by molar-refractivity contribution is 5.67. The van der Waals surface area contributed by atoms with E-state index >= 15 is 0 Å². The Bertz CT molecular complexity index is 894. The average molecular weight is 343 g/mol. The summed E-state index contributed by atoms with van der Waals surface area (Å²) in [6.07, 6.45) is 0.0361. The fourth-order valence-electron chi connectivity index (χ4n) is 2.64. The second kappa shape index (κ2) is 8.22. The second-order valence-electron chi connectivity index (χ2n) is 6.29. The minimum absolute atomic E-state index is 0.0361. The lowest BCUT2D eigenvalue weighted by atomic mass is 10.0. The Morgan fingerprint density at radius 2 is 1.58 bits per heavy atom. The molecule has 0 saturated heterocycles. The van der Waals surface area contributed by atoms with Crippen LogP contribution in [0.1, 0.15) is 25.0 Å². The molecule has 3 nitrogen and oxygen atoms in total. The summed E-state index contributed by atoms with van der Waals surface area (Å²) in [6.45, 7) is 4.44. The zero-order chi connectivity index (χ0) is 18.4. The van der Waals surface area contributed by atoms with Crippen LogP contribution in [-0.2, 0) is 6.61 Å². The largest absolute Gasteiger partial charge is 0.490 e. The summed E-state index contributed by atoms with van der Waals surface area (Å²) >= 11 is 0. The SMILES string of the molecule is CC(C)Oc1ccc(-c2ccc(OCc3ccccc3)cc2)cc1C#N. The first-order chi connectivity index (χ1) is 12.7. The Balaban J connectivity index is 1.73. The van der Waals surface area contributed by atoms with Gasteiger partial charge in [-0.15, -0.1) is 0 Å². The summed E-state index contributed by atoms with van der Waals surface area (Å²) in [4.78, 5) is 0. The number of nitrogens with zero attached hydrogens (tertiary/aromatic N) is 1. The molecule has 3 heteroatoms. The van der Waals surface area contributed by atoms with Gasteiger partial charge in [-0.25, -0.2) is 0 Å². The highest BCUT2D eigenvalue weighted by Crippen LogP contribution is 2.28.